The lowest BCUT2D eigenvalue weighted by molar-refractivity contribution is -0.0328. The van der Waals surface area contributed by atoms with Gasteiger partial charge >= 0.3 is 5.51 Å². The molecule has 0 spiro atoms. The molecule has 0 radical (unpaired) electrons. The Kier molecular flexibility index (Phi) is 4.95. The van der Waals surface area contributed by atoms with Crippen molar-refractivity contribution >= 4 is 11.8 Å². The molecule has 1 aliphatic rings. The topological polar surface area (TPSA) is 27.0 Å². The van der Waals surface area contributed by atoms with Gasteiger partial charge in [0.25, 0.3) is 0 Å². The third kappa shape index (κ3) is 4.15. The zero-order valence-electron chi connectivity index (χ0n) is 10.9. The van der Waals surface area contributed by atoms with E-state index in [2.05, 4.69) is 11.0 Å². The molecule has 2 rings (SSSR count). The number of piperidine rings is 1. The molecule has 1 aromatic carbocycles. The van der Waals surface area contributed by atoms with E-state index in [1.165, 1.54) is 18.6 Å². The number of halogens is 3. The molecule has 2 nitrogen and oxygen atoms in total. The van der Waals surface area contributed by atoms with Gasteiger partial charge in [-0.05, 0) is 55.4 Å². The van der Waals surface area contributed by atoms with E-state index in [4.69, 9.17) is 0 Å². The molecular weight excluding hydrogens is 285 g/mol. The van der Waals surface area contributed by atoms with Crippen molar-refractivity contribution in [2.45, 2.75) is 35.7 Å². The van der Waals surface area contributed by atoms with Crippen LogP contribution in [0.5, 0.6) is 0 Å². The number of rotatable bonds is 3. The molecule has 108 valence electrons. The van der Waals surface area contributed by atoms with Gasteiger partial charge < -0.3 is 0 Å². The minimum absolute atomic E-state index is 0.132. The van der Waals surface area contributed by atoms with Crippen molar-refractivity contribution < 1.29 is 13.2 Å². The Morgan fingerprint density at radius 3 is 2.20 bits per heavy atom. The summed E-state index contributed by atoms with van der Waals surface area (Å²) in [5.41, 5.74) is -3.51. The molecule has 1 aliphatic heterocycles. The normalized spacial score (nSPS) is 18.5. The van der Waals surface area contributed by atoms with Gasteiger partial charge in [0.05, 0.1) is 6.07 Å². The minimum Gasteiger partial charge on any atom is -0.284 e. The van der Waals surface area contributed by atoms with E-state index >= 15 is 0 Å². The van der Waals surface area contributed by atoms with Crippen molar-refractivity contribution in [3.8, 4) is 6.07 Å². The highest BCUT2D eigenvalue weighted by atomic mass is 32.2. The average molecular weight is 300 g/mol. The molecule has 1 atom stereocenters. The Morgan fingerprint density at radius 2 is 1.70 bits per heavy atom. The van der Waals surface area contributed by atoms with Crippen LogP contribution in [0.15, 0.2) is 29.2 Å². The Bertz CT molecular complexity index is 473. The molecule has 0 amide bonds. The van der Waals surface area contributed by atoms with E-state index in [9.17, 15) is 18.4 Å². The van der Waals surface area contributed by atoms with Crippen LogP contribution >= 0.6 is 11.8 Å². The third-order valence-electron chi connectivity index (χ3n) is 3.31. The van der Waals surface area contributed by atoms with Gasteiger partial charge in [-0.3, -0.25) is 4.90 Å². The summed E-state index contributed by atoms with van der Waals surface area (Å²) < 4.78 is 36.8. The number of thioether (sulfide) groups is 1. The predicted molar refractivity (Wildman–Crippen MR) is 72.1 cm³/mol. The molecule has 6 heteroatoms. The fraction of sp³-hybridized carbons (Fsp3) is 0.500. The van der Waals surface area contributed by atoms with Gasteiger partial charge in [0.15, 0.2) is 0 Å². The lowest BCUT2D eigenvalue weighted by Gasteiger charge is -2.30. The quantitative estimate of drug-likeness (QED) is 0.777. The van der Waals surface area contributed by atoms with Crippen molar-refractivity contribution in [1.29, 1.82) is 5.26 Å². The van der Waals surface area contributed by atoms with Crippen LogP contribution in [0.3, 0.4) is 0 Å². The average Bonchev–Trinajstić information content (AvgIpc) is 2.41. The van der Waals surface area contributed by atoms with Gasteiger partial charge in [-0.25, -0.2) is 0 Å². The van der Waals surface area contributed by atoms with Gasteiger partial charge in [0, 0.05) is 4.90 Å². The first-order chi connectivity index (χ1) is 9.49. The largest absolute Gasteiger partial charge is 0.446 e. The van der Waals surface area contributed by atoms with E-state index in [1.807, 2.05) is 0 Å². The van der Waals surface area contributed by atoms with Crippen LogP contribution in [0, 0.1) is 11.3 Å². The summed E-state index contributed by atoms with van der Waals surface area (Å²) >= 11 is -0.132. The maximum absolute atomic E-state index is 12.3. The first kappa shape index (κ1) is 15.2. The van der Waals surface area contributed by atoms with E-state index in [0.29, 0.717) is 0 Å². The molecule has 0 saturated carbocycles. The zero-order valence-corrected chi connectivity index (χ0v) is 11.7. The first-order valence-corrected chi connectivity index (χ1v) is 7.30. The van der Waals surface area contributed by atoms with Crippen LogP contribution in [0.1, 0.15) is 30.9 Å². The highest BCUT2D eigenvalue weighted by Crippen LogP contribution is 2.37. The van der Waals surface area contributed by atoms with E-state index in [1.54, 1.807) is 12.1 Å². The van der Waals surface area contributed by atoms with Gasteiger partial charge in [-0.1, -0.05) is 18.6 Å². The summed E-state index contributed by atoms with van der Waals surface area (Å²) in [7, 11) is 0. The van der Waals surface area contributed by atoms with Gasteiger partial charge in [-0.2, -0.15) is 18.4 Å². The molecule has 1 fully saturated rings. The van der Waals surface area contributed by atoms with Gasteiger partial charge in [0.2, 0.25) is 0 Å². The lowest BCUT2D eigenvalue weighted by Crippen LogP contribution is -2.33. The molecule has 20 heavy (non-hydrogen) atoms. The summed E-state index contributed by atoms with van der Waals surface area (Å²) in [6, 6.07) is 8.00. The number of likely N-dealkylation sites (tertiary alicyclic amines) is 1. The van der Waals surface area contributed by atoms with Crippen molar-refractivity contribution in [2.24, 2.45) is 0 Å². The maximum atomic E-state index is 12.3. The second-order valence-electron chi connectivity index (χ2n) is 4.75. The Labute approximate surface area is 120 Å². The van der Waals surface area contributed by atoms with Gasteiger partial charge in [0.1, 0.15) is 6.04 Å². The zero-order chi connectivity index (χ0) is 14.6. The highest BCUT2D eigenvalue weighted by Gasteiger charge is 2.29. The lowest BCUT2D eigenvalue weighted by atomic mass is 10.0. The molecule has 0 N–H and O–H groups in total. The molecule has 1 unspecified atom stereocenters. The Morgan fingerprint density at radius 1 is 1.10 bits per heavy atom. The van der Waals surface area contributed by atoms with Crippen molar-refractivity contribution in [2.75, 3.05) is 13.1 Å². The van der Waals surface area contributed by atoms with E-state index in [0.717, 1.165) is 31.5 Å². The third-order valence-corrected chi connectivity index (χ3v) is 4.05. The maximum Gasteiger partial charge on any atom is 0.446 e. The van der Waals surface area contributed by atoms with Crippen LogP contribution < -0.4 is 0 Å². The fourth-order valence-corrected chi connectivity index (χ4v) is 2.93. The molecule has 0 aliphatic carbocycles. The summed E-state index contributed by atoms with van der Waals surface area (Å²) in [6.45, 7) is 1.74. The SMILES string of the molecule is N#CC(c1ccc(SC(F)(F)F)cc1)N1CCCCC1. The molecule has 1 saturated heterocycles. The minimum atomic E-state index is -4.27. The number of benzene rings is 1. The summed E-state index contributed by atoms with van der Waals surface area (Å²) in [4.78, 5) is 2.24. The molecule has 1 aromatic rings. The number of nitriles is 1. The summed E-state index contributed by atoms with van der Waals surface area (Å²) in [6.07, 6.45) is 3.32. The smallest absolute Gasteiger partial charge is 0.284 e. The number of alkyl halides is 3. The molecular formula is C14H15F3N2S. The Balaban J connectivity index is 2.09. The van der Waals surface area contributed by atoms with E-state index in [-0.39, 0.29) is 22.7 Å². The van der Waals surface area contributed by atoms with Crippen molar-refractivity contribution in [3.05, 3.63) is 29.8 Å². The number of hydrogen-bond acceptors (Lipinski definition) is 3. The van der Waals surface area contributed by atoms with Gasteiger partial charge in [-0.15, -0.1) is 0 Å². The van der Waals surface area contributed by atoms with Crippen LogP contribution in [-0.4, -0.2) is 23.5 Å². The second-order valence-corrected chi connectivity index (χ2v) is 5.88. The second kappa shape index (κ2) is 6.51. The first-order valence-electron chi connectivity index (χ1n) is 6.49. The van der Waals surface area contributed by atoms with Crippen LogP contribution in [0.25, 0.3) is 0 Å². The summed E-state index contributed by atoms with van der Waals surface area (Å²) in [5.74, 6) is 0. The number of nitrogens with zero attached hydrogens (tertiary/aromatic N) is 2. The van der Waals surface area contributed by atoms with Crippen LogP contribution in [0.4, 0.5) is 13.2 Å². The molecule has 0 aromatic heterocycles. The number of hydrogen-bond donors (Lipinski definition) is 0. The summed E-state index contributed by atoms with van der Waals surface area (Å²) in [5, 5.41) is 9.31. The van der Waals surface area contributed by atoms with Crippen molar-refractivity contribution in [1.82, 2.24) is 4.90 Å². The van der Waals surface area contributed by atoms with Crippen LogP contribution in [0.2, 0.25) is 0 Å². The standard InChI is InChI=1S/C14H15F3N2S/c15-14(16,17)20-12-6-4-11(5-7-12)13(10-18)19-8-2-1-3-9-19/h4-7,13H,1-3,8-9H2. The molecule has 1 heterocycles. The van der Waals surface area contributed by atoms with E-state index < -0.39 is 5.51 Å². The monoisotopic (exact) mass is 300 g/mol. The predicted octanol–water partition coefficient (Wildman–Crippen LogP) is 4.35. The van der Waals surface area contributed by atoms with Crippen molar-refractivity contribution in [3.63, 3.8) is 0 Å². The fourth-order valence-electron chi connectivity index (χ4n) is 2.40. The van der Waals surface area contributed by atoms with Crippen LogP contribution in [-0.2, 0) is 0 Å². The highest BCUT2D eigenvalue weighted by molar-refractivity contribution is 8.00. The Hall–Kier alpha value is -1.19. The molecule has 0 bridgehead atoms.